The van der Waals surface area contributed by atoms with Gasteiger partial charge in [0.05, 0.1) is 12.7 Å². The average Bonchev–Trinajstić information content (AvgIpc) is 2.93. The van der Waals surface area contributed by atoms with Crippen molar-refractivity contribution < 1.29 is 19.8 Å². The second-order valence-electron chi connectivity index (χ2n) is 12.5. The summed E-state index contributed by atoms with van der Waals surface area (Å²) >= 11 is 0. The molecule has 2 saturated heterocycles. The van der Waals surface area contributed by atoms with E-state index in [-0.39, 0.29) is 12.4 Å². The molecule has 0 aromatic heterocycles. The molecular weight excluding hydrogens is 490 g/mol. The monoisotopic (exact) mass is 551 g/mol. The largest absolute Gasteiger partial charge is 0.394 e. The number of unbranched alkanes of at least 4 members (excludes halogenated alkanes) is 2. The Kier molecular flexibility index (Phi) is 18.4. The lowest BCUT2D eigenvalue weighted by atomic mass is 9.87. The van der Waals surface area contributed by atoms with E-state index in [0.717, 1.165) is 70.2 Å². The summed E-state index contributed by atoms with van der Waals surface area (Å²) in [7, 11) is 0. The second-order valence-corrected chi connectivity index (χ2v) is 12.5. The molecule has 0 saturated carbocycles. The molecule has 2 aliphatic rings. The minimum absolute atomic E-state index is 0.231. The zero-order valence-electron chi connectivity index (χ0n) is 25.5. The highest BCUT2D eigenvalue weighted by Crippen LogP contribution is 2.27. The van der Waals surface area contributed by atoms with E-state index in [2.05, 4.69) is 21.6 Å². The van der Waals surface area contributed by atoms with E-state index < -0.39 is 6.10 Å². The number of Topliss-reactive ketones (excluding diaryl/α,β-unsaturated/α-hetero) is 2. The van der Waals surface area contributed by atoms with Crippen molar-refractivity contribution in [1.82, 2.24) is 14.7 Å². The molecule has 2 rings (SSSR count). The van der Waals surface area contributed by atoms with Crippen LogP contribution in [0.2, 0.25) is 0 Å². The quantitative estimate of drug-likeness (QED) is 0.191. The van der Waals surface area contributed by atoms with Crippen LogP contribution in [0.1, 0.15) is 110 Å². The number of rotatable bonds is 22. The van der Waals surface area contributed by atoms with Gasteiger partial charge in [0, 0.05) is 32.4 Å². The van der Waals surface area contributed by atoms with Gasteiger partial charge < -0.3 is 29.7 Å². The predicted molar refractivity (Wildman–Crippen MR) is 160 cm³/mol. The van der Waals surface area contributed by atoms with E-state index in [4.69, 9.17) is 0 Å². The number of carbonyl (C=O) groups is 2. The molecule has 2 N–H and O–H groups in total. The number of nitrogens with zero attached hydrogens (tertiary/aromatic N) is 3. The third-order valence-electron chi connectivity index (χ3n) is 9.00. The Labute approximate surface area is 239 Å². The fourth-order valence-electron chi connectivity index (χ4n) is 6.45. The number of hydrogen-bond acceptors (Lipinski definition) is 7. The summed E-state index contributed by atoms with van der Waals surface area (Å²) < 4.78 is 0. The summed E-state index contributed by atoms with van der Waals surface area (Å²) in [6.45, 7) is 12.8. The Morgan fingerprint density at radius 2 is 1.38 bits per heavy atom. The Morgan fingerprint density at radius 1 is 0.795 bits per heavy atom. The molecule has 1 atom stereocenters. The number of likely N-dealkylation sites (tertiary alicyclic amines) is 2. The molecular formula is C32H61N3O4. The van der Waals surface area contributed by atoms with Gasteiger partial charge in [0.15, 0.2) is 0 Å². The summed E-state index contributed by atoms with van der Waals surface area (Å²) in [5.41, 5.74) is 0. The molecule has 0 aromatic rings. The first-order chi connectivity index (χ1) is 18.9. The van der Waals surface area contributed by atoms with Gasteiger partial charge in [0.2, 0.25) is 0 Å². The van der Waals surface area contributed by atoms with Gasteiger partial charge in [0.25, 0.3) is 0 Å². The normalized spacial score (nSPS) is 19.1. The van der Waals surface area contributed by atoms with Crippen molar-refractivity contribution in [2.24, 2.45) is 11.8 Å². The summed E-state index contributed by atoms with van der Waals surface area (Å²) in [4.78, 5) is 30.9. The van der Waals surface area contributed by atoms with Crippen LogP contribution in [0.15, 0.2) is 0 Å². The van der Waals surface area contributed by atoms with Crippen LogP contribution in [0, 0.1) is 11.8 Å². The van der Waals surface area contributed by atoms with Crippen LogP contribution in [-0.4, -0.2) is 108 Å². The Morgan fingerprint density at radius 3 is 1.95 bits per heavy atom. The highest BCUT2D eigenvalue weighted by Gasteiger charge is 2.22. The van der Waals surface area contributed by atoms with Gasteiger partial charge in [-0.15, -0.1) is 0 Å². The molecule has 2 heterocycles. The van der Waals surface area contributed by atoms with Crippen LogP contribution in [0.4, 0.5) is 0 Å². The number of ketones is 2. The molecule has 228 valence electrons. The van der Waals surface area contributed by atoms with E-state index in [1.807, 2.05) is 0 Å². The third-order valence-corrected chi connectivity index (χ3v) is 9.00. The average molecular weight is 552 g/mol. The molecule has 0 spiro atoms. The van der Waals surface area contributed by atoms with E-state index in [1.165, 1.54) is 71.0 Å². The van der Waals surface area contributed by atoms with E-state index in [0.29, 0.717) is 31.6 Å². The van der Waals surface area contributed by atoms with Crippen molar-refractivity contribution in [3.8, 4) is 0 Å². The molecule has 7 heteroatoms. The van der Waals surface area contributed by atoms with Gasteiger partial charge in [-0.2, -0.15) is 0 Å². The minimum atomic E-state index is -0.746. The van der Waals surface area contributed by atoms with Crippen molar-refractivity contribution in [3.05, 3.63) is 0 Å². The van der Waals surface area contributed by atoms with Crippen molar-refractivity contribution in [3.63, 3.8) is 0 Å². The van der Waals surface area contributed by atoms with Crippen LogP contribution >= 0.6 is 0 Å². The van der Waals surface area contributed by atoms with Crippen molar-refractivity contribution in [2.45, 2.75) is 116 Å². The maximum absolute atomic E-state index is 12.6. The molecule has 1 unspecified atom stereocenters. The number of piperidine rings is 2. The maximum atomic E-state index is 12.6. The van der Waals surface area contributed by atoms with Gasteiger partial charge in [-0.3, -0.25) is 4.79 Å². The van der Waals surface area contributed by atoms with E-state index in [9.17, 15) is 19.8 Å². The van der Waals surface area contributed by atoms with E-state index >= 15 is 0 Å². The zero-order valence-corrected chi connectivity index (χ0v) is 25.5. The van der Waals surface area contributed by atoms with Crippen molar-refractivity contribution in [1.29, 1.82) is 0 Å². The lowest BCUT2D eigenvalue weighted by Gasteiger charge is -2.33. The summed E-state index contributed by atoms with van der Waals surface area (Å²) in [6, 6.07) is 0. The first-order valence-corrected chi connectivity index (χ1v) is 16.4. The Bertz CT molecular complexity index is 645. The van der Waals surface area contributed by atoms with E-state index in [1.54, 1.807) is 6.92 Å². The summed E-state index contributed by atoms with van der Waals surface area (Å²) in [5, 5.41) is 19.1. The lowest BCUT2D eigenvalue weighted by molar-refractivity contribution is -0.119. The van der Waals surface area contributed by atoms with Crippen LogP contribution in [0.25, 0.3) is 0 Å². The smallest absolute Gasteiger partial charge is 0.134 e. The first-order valence-electron chi connectivity index (χ1n) is 16.4. The molecule has 2 aliphatic heterocycles. The highest BCUT2D eigenvalue weighted by atomic mass is 16.3. The molecule has 0 aromatic carbocycles. The fourth-order valence-corrected chi connectivity index (χ4v) is 6.45. The lowest BCUT2D eigenvalue weighted by Crippen LogP contribution is -2.36. The topological polar surface area (TPSA) is 84.3 Å². The zero-order chi connectivity index (χ0) is 28.3. The number of carbonyl (C=O) groups excluding carboxylic acids is 2. The van der Waals surface area contributed by atoms with Gasteiger partial charge in [-0.25, -0.2) is 0 Å². The third kappa shape index (κ3) is 16.2. The summed E-state index contributed by atoms with van der Waals surface area (Å²) in [5.74, 6) is 2.40. The van der Waals surface area contributed by atoms with Gasteiger partial charge in [-0.1, -0.05) is 32.6 Å². The van der Waals surface area contributed by atoms with Crippen LogP contribution < -0.4 is 0 Å². The second kappa shape index (κ2) is 20.9. The van der Waals surface area contributed by atoms with Gasteiger partial charge in [0.1, 0.15) is 11.6 Å². The predicted octanol–water partition coefficient (Wildman–Crippen LogP) is 4.53. The number of hydrogen-bond donors (Lipinski definition) is 2. The van der Waals surface area contributed by atoms with Crippen LogP contribution in [0.3, 0.4) is 0 Å². The van der Waals surface area contributed by atoms with Gasteiger partial charge >= 0.3 is 0 Å². The van der Waals surface area contributed by atoms with Crippen LogP contribution in [-0.2, 0) is 9.59 Å². The molecule has 0 radical (unpaired) electrons. The molecule has 39 heavy (non-hydrogen) atoms. The fraction of sp³-hybridized carbons (Fsp3) is 0.938. The Hall–Kier alpha value is -0.860. The summed E-state index contributed by atoms with van der Waals surface area (Å²) in [6.07, 6.45) is 15.6. The first kappa shape index (κ1) is 34.3. The van der Waals surface area contributed by atoms with Crippen molar-refractivity contribution in [2.75, 3.05) is 65.5 Å². The standard InChI is InChI=1S/C32H61N3O4/c1-3-18-33-21-13-29(14-22-33)10-7-11-30-15-23-34(24-16-30)25-17-31(38)12-8-20-35(26-32(39)27-36)19-6-4-5-9-28(2)37/h29-30,32,36,39H,3-27H2,1-2H3. The molecule has 0 aliphatic carbocycles. The minimum Gasteiger partial charge on any atom is -0.394 e. The highest BCUT2D eigenvalue weighted by molar-refractivity contribution is 5.78. The molecule has 0 amide bonds. The van der Waals surface area contributed by atoms with Crippen molar-refractivity contribution >= 4 is 11.6 Å². The number of aliphatic hydroxyl groups excluding tert-OH is 2. The molecule has 0 bridgehead atoms. The number of aliphatic hydroxyl groups is 2. The van der Waals surface area contributed by atoms with Gasteiger partial charge in [-0.05, 0) is 116 Å². The SMILES string of the molecule is CCCN1CCC(CCCC2CCN(CCC(=O)CCCN(CCCCCC(C)=O)CC(O)CO)CC2)CC1. The van der Waals surface area contributed by atoms with Crippen LogP contribution in [0.5, 0.6) is 0 Å². The molecule has 7 nitrogen and oxygen atoms in total. The molecule has 2 fully saturated rings. The Balaban J connectivity index is 1.51. The maximum Gasteiger partial charge on any atom is 0.134 e.